The molecule has 0 bridgehead atoms. The lowest BCUT2D eigenvalue weighted by molar-refractivity contribution is -0.111. The maximum absolute atomic E-state index is 12.3. The average molecular weight is 329 g/mol. The second kappa shape index (κ2) is 7.73. The second-order valence-electron chi connectivity index (χ2n) is 5.67. The van der Waals surface area contributed by atoms with Crippen LogP contribution in [0.2, 0.25) is 0 Å². The van der Waals surface area contributed by atoms with Crippen LogP contribution in [0.5, 0.6) is 0 Å². The van der Waals surface area contributed by atoms with E-state index < -0.39 is 5.76 Å². The summed E-state index contributed by atoms with van der Waals surface area (Å²) in [6.45, 7) is 3.19. The van der Waals surface area contributed by atoms with Crippen LogP contribution in [0, 0.1) is 0 Å². The Kier molecular flexibility index (Phi) is 5.68. The van der Waals surface area contributed by atoms with Gasteiger partial charge in [0.15, 0.2) is 6.29 Å². The van der Waals surface area contributed by atoms with Crippen molar-refractivity contribution >= 4 is 11.8 Å². The van der Waals surface area contributed by atoms with Crippen molar-refractivity contribution in [3.63, 3.8) is 0 Å². The average Bonchev–Trinajstić information content (AvgIpc) is 3.03. The first-order valence-corrected chi connectivity index (χ1v) is 8.61. The fourth-order valence-electron chi connectivity index (χ4n) is 3.13. The Hall–Kier alpha value is -0.690. The van der Waals surface area contributed by atoms with Crippen molar-refractivity contribution in [1.29, 1.82) is 0 Å². The zero-order valence-corrected chi connectivity index (χ0v) is 13.2. The molecule has 6 heteroatoms. The number of alkyl halides is 2. The summed E-state index contributed by atoms with van der Waals surface area (Å²) in [4.78, 5) is 3.01. The van der Waals surface area contributed by atoms with E-state index in [0.717, 1.165) is 25.1 Å². The van der Waals surface area contributed by atoms with Gasteiger partial charge >= 0.3 is 0 Å². The lowest BCUT2D eigenvalue weighted by Gasteiger charge is -2.38. The first-order chi connectivity index (χ1) is 10.7. The van der Waals surface area contributed by atoms with Crippen LogP contribution in [0.25, 0.3) is 0 Å². The summed E-state index contributed by atoms with van der Waals surface area (Å²) < 4.78 is 36.0. The lowest BCUT2D eigenvalue weighted by Crippen LogP contribution is -2.46. The van der Waals surface area contributed by atoms with Gasteiger partial charge in [-0.2, -0.15) is 8.78 Å². The molecule has 1 atom stereocenters. The van der Waals surface area contributed by atoms with E-state index in [9.17, 15) is 8.78 Å². The van der Waals surface area contributed by atoms with Crippen LogP contribution < -0.4 is 0 Å². The van der Waals surface area contributed by atoms with Crippen LogP contribution in [0.4, 0.5) is 8.78 Å². The minimum atomic E-state index is -2.37. The number of hydrogen-bond donors (Lipinski definition) is 0. The van der Waals surface area contributed by atoms with Crippen LogP contribution in [0.15, 0.2) is 29.2 Å². The monoisotopic (exact) mass is 329 g/mol. The fourth-order valence-corrected chi connectivity index (χ4v) is 3.63. The highest BCUT2D eigenvalue weighted by molar-refractivity contribution is 7.99. The Morgan fingerprint density at radius 3 is 2.55 bits per heavy atom. The van der Waals surface area contributed by atoms with E-state index in [1.165, 1.54) is 12.8 Å². The molecule has 1 aromatic carbocycles. The Morgan fingerprint density at radius 2 is 1.86 bits per heavy atom. The predicted octanol–water partition coefficient (Wildman–Crippen LogP) is 3.73. The normalized spacial score (nSPS) is 24.2. The van der Waals surface area contributed by atoms with Crippen molar-refractivity contribution in [1.82, 2.24) is 4.90 Å². The number of likely N-dealkylation sites (tertiary alicyclic amines) is 1. The third-order valence-electron chi connectivity index (χ3n) is 4.16. The van der Waals surface area contributed by atoms with E-state index in [1.54, 1.807) is 12.1 Å². The van der Waals surface area contributed by atoms with E-state index >= 15 is 0 Å². The van der Waals surface area contributed by atoms with E-state index in [2.05, 4.69) is 4.90 Å². The van der Waals surface area contributed by atoms with Gasteiger partial charge in [-0.25, -0.2) is 0 Å². The molecule has 3 rings (SSSR count). The zero-order chi connectivity index (χ0) is 15.4. The van der Waals surface area contributed by atoms with Crippen LogP contribution in [0.1, 0.15) is 24.8 Å². The molecule has 0 amide bonds. The van der Waals surface area contributed by atoms with Crippen molar-refractivity contribution < 1.29 is 18.3 Å². The van der Waals surface area contributed by atoms with Crippen molar-refractivity contribution in [2.75, 3.05) is 19.8 Å². The molecule has 2 aliphatic rings. The lowest BCUT2D eigenvalue weighted by atomic mass is 10.0. The fraction of sp³-hybridized carbons (Fsp3) is 0.625. The Bertz CT molecular complexity index is 466. The predicted molar refractivity (Wildman–Crippen MR) is 82.0 cm³/mol. The Labute approximate surface area is 134 Å². The van der Waals surface area contributed by atoms with Crippen molar-refractivity contribution in [3.05, 3.63) is 29.8 Å². The molecular formula is C16H21F2NO2S. The molecule has 1 unspecified atom stereocenters. The minimum Gasteiger partial charge on any atom is -0.349 e. The van der Waals surface area contributed by atoms with Crippen molar-refractivity contribution in [2.45, 2.75) is 48.8 Å². The molecule has 0 spiro atoms. The van der Waals surface area contributed by atoms with E-state index in [1.807, 2.05) is 12.1 Å². The molecule has 0 saturated carbocycles. The number of rotatable bonds is 5. The zero-order valence-electron chi connectivity index (χ0n) is 12.4. The standard InChI is InChI=1S/C16H21F2NO2S/c17-16(18)22-13-6-4-12(5-7-13)11-19-8-2-1-3-14(19)15-20-9-10-21-15/h4-7,14-16H,1-3,8-11H2. The van der Waals surface area contributed by atoms with Gasteiger partial charge in [0, 0.05) is 11.4 Å². The highest BCUT2D eigenvalue weighted by Crippen LogP contribution is 2.28. The van der Waals surface area contributed by atoms with Gasteiger partial charge in [0.2, 0.25) is 0 Å². The second-order valence-corrected chi connectivity index (χ2v) is 6.73. The number of ether oxygens (including phenoxy) is 2. The maximum atomic E-state index is 12.3. The smallest absolute Gasteiger partial charge is 0.288 e. The number of thioether (sulfide) groups is 1. The van der Waals surface area contributed by atoms with Crippen LogP contribution >= 0.6 is 11.8 Å². The summed E-state index contributed by atoms with van der Waals surface area (Å²) in [5, 5.41) is 0. The molecule has 2 aliphatic heterocycles. The van der Waals surface area contributed by atoms with Gasteiger partial charge in [-0.15, -0.1) is 0 Å². The molecular weight excluding hydrogens is 308 g/mol. The first-order valence-electron chi connectivity index (χ1n) is 7.73. The highest BCUT2D eigenvalue weighted by Gasteiger charge is 2.33. The summed E-state index contributed by atoms with van der Waals surface area (Å²) in [5.41, 5.74) is 1.14. The Balaban J connectivity index is 1.62. The van der Waals surface area contributed by atoms with E-state index in [-0.39, 0.29) is 6.29 Å². The quantitative estimate of drug-likeness (QED) is 0.767. The topological polar surface area (TPSA) is 21.7 Å². The van der Waals surface area contributed by atoms with Crippen LogP contribution in [-0.4, -0.2) is 42.7 Å². The molecule has 0 radical (unpaired) electrons. The molecule has 2 fully saturated rings. The molecule has 3 nitrogen and oxygen atoms in total. The molecule has 22 heavy (non-hydrogen) atoms. The van der Waals surface area contributed by atoms with Gasteiger partial charge < -0.3 is 9.47 Å². The number of piperidine rings is 1. The van der Waals surface area contributed by atoms with Gasteiger partial charge in [-0.1, -0.05) is 30.3 Å². The number of halogens is 2. The number of hydrogen-bond acceptors (Lipinski definition) is 4. The molecule has 0 N–H and O–H groups in total. The van der Waals surface area contributed by atoms with Crippen molar-refractivity contribution in [2.24, 2.45) is 0 Å². The van der Waals surface area contributed by atoms with Gasteiger partial charge in [0.25, 0.3) is 5.76 Å². The van der Waals surface area contributed by atoms with Crippen LogP contribution in [-0.2, 0) is 16.0 Å². The van der Waals surface area contributed by atoms with Crippen molar-refractivity contribution in [3.8, 4) is 0 Å². The first kappa shape index (κ1) is 16.2. The third kappa shape index (κ3) is 4.19. The molecule has 2 heterocycles. The Morgan fingerprint density at radius 1 is 1.14 bits per heavy atom. The number of nitrogens with zero attached hydrogens (tertiary/aromatic N) is 1. The van der Waals surface area contributed by atoms with Gasteiger partial charge in [0.05, 0.1) is 19.3 Å². The van der Waals surface area contributed by atoms with Gasteiger partial charge in [0.1, 0.15) is 0 Å². The molecule has 1 aromatic rings. The summed E-state index contributed by atoms with van der Waals surface area (Å²) in [6.07, 6.45) is 3.36. The minimum absolute atomic E-state index is 0.117. The van der Waals surface area contributed by atoms with E-state index in [0.29, 0.717) is 35.9 Å². The molecule has 0 aliphatic carbocycles. The molecule has 0 aromatic heterocycles. The van der Waals surface area contributed by atoms with Gasteiger partial charge in [-0.3, -0.25) is 4.90 Å². The highest BCUT2D eigenvalue weighted by atomic mass is 32.2. The largest absolute Gasteiger partial charge is 0.349 e. The maximum Gasteiger partial charge on any atom is 0.288 e. The van der Waals surface area contributed by atoms with Crippen LogP contribution in [0.3, 0.4) is 0 Å². The van der Waals surface area contributed by atoms with E-state index in [4.69, 9.17) is 9.47 Å². The summed E-state index contributed by atoms with van der Waals surface area (Å²) in [6, 6.07) is 7.72. The summed E-state index contributed by atoms with van der Waals surface area (Å²) >= 11 is 0.587. The molecule has 122 valence electrons. The summed E-state index contributed by atoms with van der Waals surface area (Å²) in [5.74, 6) is -2.37. The third-order valence-corrected chi connectivity index (χ3v) is 4.88. The number of benzene rings is 1. The van der Waals surface area contributed by atoms with Gasteiger partial charge in [-0.05, 0) is 37.1 Å². The molecule has 2 saturated heterocycles. The summed E-state index contributed by atoms with van der Waals surface area (Å²) in [7, 11) is 0. The SMILES string of the molecule is FC(F)Sc1ccc(CN2CCCCC2C2OCCO2)cc1.